The molecule has 0 radical (unpaired) electrons. The Morgan fingerprint density at radius 3 is 2.57 bits per heavy atom. The Bertz CT molecular complexity index is 970. The van der Waals surface area contributed by atoms with Crippen LogP contribution in [0, 0.1) is 13.8 Å². The summed E-state index contributed by atoms with van der Waals surface area (Å²) in [5, 5.41) is 9.24. The molecule has 0 atom stereocenters. The van der Waals surface area contributed by atoms with Crippen molar-refractivity contribution >= 4 is 33.5 Å². The van der Waals surface area contributed by atoms with Gasteiger partial charge in [-0.25, -0.2) is 0 Å². The lowest BCUT2D eigenvalue weighted by molar-refractivity contribution is 0.102. The molecule has 0 spiro atoms. The zero-order valence-corrected chi connectivity index (χ0v) is 18.5. The number of benzene rings is 2. The van der Waals surface area contributed by atoms with Crippen molar-refractivity contribution < 1.29 is 9.53 Å². The van der Waals surface area contributed by atoms with Crippen molar-refractivity contribution in [3.8, 4) is 5.75 Å². The third-order valence-electron chi connectivity index (χ3n) is 4.30. The molecule has 0 aliphatic rings. The first-order valence-electron chi connectivity index (χ1n) is 9.01. The largest absolute Gasteiger partial charge is 0.485 e. The predicted octanol–water partition coefficient (Wildman–Crippen LogP) is 5.23. The van der Waals surface area contributed by atoms with E-state index in [0.29, 0.717) is 24.5 Å². The van der Waals surface area contributed by atoms with Gasteiger partial charge in [0.1, 0.15) is 12.4 Å². The van der Waals surface area contributed by atoms with Crippen LogP contribution in [-0.2, 0) is 13.2 Å². The fraction of sp³-hybridized carbons (Fsp3) is 0.286. The van der Waals surface area contributed by atoms with Crippen LogP contribution in [0.25, 0.3) is 0 Å². The fourth-order valence-electron chi connectivity index (χ4n) is 2.80. The highest BCUT2D eigenvalue weighted by molar-refractivity contribution is 9.10. The van der Waals surface area contributed by atoms with Crippen LogP contribution in [-0.4, -0.2) is 26.3 Å². The van der Waals surface area contributed by atoms with Crippen LogP contribution < -0.4 is 4.74 Å². The zero-order chi connectivity index (χ0) is 20.1. The second kappa shape index (κ2) is 9.39. The van der Waals surface area contributed by atoms with Crippen molar-refractivity contribution in [2.75, 3.05) is 5.75 Å². The summed E-state index contributed by atoms with van der Waals surface area (Å²) in [5.41, 5.74) is 2.99. The molecule has 3 aromatic rings. The Kier molecular flexibility index (Phi) is 6.91. The van der Waals surface area contributed by atoms with Crippen LogP contribution in [0.4, 0.5) is 0 Å². The molecule has 5 nitrogen and oxygen atoms in total. The minimum atomic E-state index is 0.0660. The second-order valence-electron chi connectivity index (χ2n) is 6.42. The van der Waals surface area contributed by atoms with Gasteiger partial charge < -0.3 is 9.30 Å². The van der Waals surface area contributed by atoms with E-state index in [1.54, 1.807) is 0 Å². The first-order valence-corrected chi connectivity index (χ1v) is 10.8. The molecule has 0 saturated carbocycles. The van der Waals surface area contributed by atoms with Crippen molar-refractivity contribution in [2.45, 2.75) is 39.1 Å². The number of carbonyl (C=O) groups excluding carboxylic acids is 1. The van der Waals surface area contributed by atoms with Gasteiger partial charge in [0.2, 0.25) is 0 Å². The van der Waals surface area contributed by atoms with Crippen LogP contribution in [0.1, 0.15) is 34.2 Å². The average molecular weight is 460 g/mol. The summed E-state index contributed by atoms with van der Waals surface area (Å²) in [5.74, 6) is 1.98. The van der Waals surface area contributed by atoms with Gasteiger partial charge in [0.25, 0.3) is 0 Å². The van der Waals surface area contributed by atoms with Crippen molar-refractivity contribution in [1.82, 2.24) is 14.8 Å². The fourth-order valence-corrected chi connectivity index (χ4v) is 3.98. The maximum absolute atomic E-state index is 12.4. The lowest BCUT2D eigenvalue weighted by Crippen LogP contribution is -2.08. The van der Waals surface area contributed by atoms with E-state index in [-0.39, 0.29) is 5.78 Å². The Balaban J connectivity index is 1.64. The molecule has 0 bridgehead atoms. The number of ketones is 1. The van der Waals surface area contributed by atoms with Crippen LogP contribution in [0.5, 0.6) is 5.75 Å². The molecular formula is C21H22BrN3O2S. The normalized spacial score (nSPS) is 10.9. The minimum absolute atomic E-state index is 0.0660. The number of rotatable bonds is 8. The molecule has 1 aromatic heterocycles. The van der Waals surface area contributed by atoms with Crippen molar-refractivity contribution in [3.05, 3.63) is 69.5 Å². The van der Waals surface area contributed by atoms with Crippen LogP contribution >= 0.6 is 27.7 Å². The number of thioether (sulfide) groups is 1. The Hall–Kier alpha value is -2.12. The van der Waals surface area contributed by atoms with Crippen LogP contribution in [0.2, 0.25) is 0 Å². The van der Waals surface area contributed by atoms with E-state index in [1.807, 2.05) is 54.8 Å². The van der Waals surface area contributed by atoms with Crippen LogP contribution in [0.3, 0.4) is 0 Å². The Morgan fingerprint density at radius 2 is 1.89 bits per heavy atom. The maximum Gasteiger partial charge on any atom is 0.191 e. The number of hydrogen-bond donors (Lipinski definition) is 0. The van der Waals surface area contributed by atoms with Gasteiger partial charge in [-0.3, -0.25) is 4.79 Å². The van der Waals surface area contributed by atoms with E-state index < -0.39 is 0 Å². The summed E-state index contributed by atoms with van der Waals surface area (Å²) in [7, 11) is 0. The third kappa shape index (κ3) is 5.02. The maximum atomic E-state index is 12.4. The number of aromatic nitrogens is 3. The monoisotopic (exact) mass is 459 g/mol. The van der Waals surface area contributed by atoms with Crippen LogP contribution in [0.15, 0.2) is 52.1 Å². The molecule has 1 heterocycles. The number of hydrogen-bond acceptors (Lipinski definition) is 5. The van der Waals surface area contributed by atoms with Gasteiger partial charge in [-0.2, -0.15) is 0 Å². The van der Waals surface area contributed by atoms with Gasteiger partial charge in [0, 0.05) is 16.6 Å². The van der Waals surface area contributed by atoms with Gasteiger partial charge in [0.05, 0.1) is 5.75 Å². The van der Waals surface area contributed by atoms with Crippen molar-refractivity contribution in [3.63, 3.8) is 0 Å². The molecule has 0 N–H and O–H groups in total. The molecule has 0 aliphatic carbocycles. The van der Waals surface area contributed by atoms with E-state index in [9.17, 15) is 4.79 Å². The van der Waals surface area contributed by atoms with Crippen molar-refractivity contribution in [1.29, 1.82) is 0 Å². The molecule has 3 rings (SSSR count). The minimum Gasteiger partial charge on any atom is -0.485 e. The second-order valence-corrected chi connectivity index (χ2v) is 8.28. The third-order valence-corrected chi connectivity index (χ3v) is 5.79. The first kappa shape index (κ1) is 20.6. The molecule has 0 fully saturated rings. The van der Waals surface area contributed by atoms with Gasteiger partial charge in [0.15, 0.2) is 16.8 Å². The van der Waals surface area contributed by atoms with E-state index in [0.717, 1.165) is 26.8 Å². The lowest BCUT2D eigenvalue weighted by Gasteiger charge is -2.11. The molecular weight excluding hydrogens is 438 g/mol. The first-order chi connectivity index (χ1) is 13.5. The summed E-state index contributed by atoms with van der Waals surface area (Å²) in [6.45, 7) is 7.18. The molecule has 28 heavy (non-hydrogen) atoms. The molecule has 146 valence electrons. The Morgan fingerprint density at radius 1 is 1.14 bits per heavy atom. The highest BCUT2D eigenvalue weighted by Crippen LogP contribution is 2.22. The summed E-state index contributed by atoms with van der Waals surface area (Å²) >= 11 is 4.78. The Labute approximate surface area is 177 Å². The standard InChI is InChI=1S/C21H22BrN3O2S/c1-4-25-20(12-27-19-10-5-14(2)11-15(19)3)23-24-21(25)28-13-18(26)16-6-8-17(22)9-7-16/h5-11H,4,12-13H2,1-3H3. The number of nitrogens with zero attached hydrogens (tertiary/aromatic N) is 3. The molecule has 0 saturated heterocycles. The zero-order valence-electron chi connectivity index (χ0n) is 16.1. The van der Waals surface area contributed by atoms with Crippen molar-refractivity contribution in [2.24, 2.45) is 0 Å². The lowest BCUT2D eigenvalue weighted by atomic mass is 10.1. The van der Waals surface area contributed by atoms with E-state index in [2.05, 4.69) is 39.1 Å². The smallest absolute Gasteiger partial charge is 0.191 e. The van der Waals surface area contributed by atoms with Gasteiger partial charge in [-0.05, 0) is 44.5 Å². The SMILES string of the molecule is CCn1c(COc2ccc(C)cc2C)nnc1SCC(=O)c1ccc(Br)cc1. The summed E-state index contributed by atoms with van der Waals surface area (Å²) in [4.78, 5) is 12.4. The molecule has 7 heteroatoms. The average Bonchev–Trinajstić information content (AvgIpc) is 3.07. The van der Waals surface area contributed by atoms with E-state index in [1.165, 1.54) is 17.3 Å². The molecule has 0 unspecified atom stereocenters. The van der Waals surface area contributed by atoms with E-state index in [4.69, 9.17) is 4.74 Å². The number of aryl methyl sites for hydroxylation is 2. The predicted molar refractivity (Wildman–Crippen MR) is 115 cm³/mol. The number of Topliss-reactive ketones (excluding diaryl/α,β-unsaturated/α-hetero) is 1. The number of ether oxygens (including phenoxy) is 1. The van der Waals surface area contributed by atoms with E-state index >= 15 is 0 Å². The van der Waals surface area contributed by atoms with Gasteiger partial charge >= 0.3 is 0 Å². The van der Waals surface area contributed by atoms with Gasteiger partial charge in [-0.1, -0.05) is 57.5 Å². The number of halogens is 1. The highest BCUT2D eigenvalue weighted by Gasteiger charge is 2.15. The molecule has 0 aliphatic heterocycles. The summed E-state index contributed by atoms with van der Waals surface area (Å²) in [6.07, 6.45) is 0. The summed E-state index contributed by atoms with van der Waals surface area (Å²) in [6, 6.07) is 13.5. The summed E-state index contributed by atoms with van der Waals surface area (Å²) < 4.78 is 8.88. The number of carbonyl (C=O) groups is 1. The topological polar surface area (TPSA) is 57.0 Å². The quantitative estimate of drug-likeness (QED) is 0.340. The highest BCUT2D eigenvalue weighted by atomic mass is 79.9. The van der Waals surface area contributed by atoms with Gasteiger partial charge in [-0.15, -0.1) is 10.2 Å². The molecule has 2 aromatic carbocycles. The molecule has 0 amide bonds.